The van der Waals surface area contributed by atoms with Crippen LogP contribution in [-0.4, -0.2) is 13.4 Å². The molecule has 4 nitrogen and oxygen atoms in total. The van der Waals surface area contributed by atoms with E-state index in [1.54, 1.807) is 29.8 Å². The predicted octanol–water partition coefficient (Wildman–Crippen LogP) is 2.92. The molecule has 0 fully saturated rings. The molecule has 0 saturated carbocycles. The second-order valence-corrected chi connectivity index (χ2v) is 6.92. The van der Waals surface area contributed by atoms with E-state index in [1.165, 1.54) is 6.07 Å². The van der Waals surface area contributed by atoms with Crippen LogP contribution in [0.2, 0.25) is 0 Å². The van der Waals surface area contributed by atoms with Crippen molar-refractivity contribution in [3.63, 3.8) is 0 Å². The van der Waals surface area contributed by atoms with E-state index in [2.05, 4.69) is 4.98 Å². The van der Waals surface area contributed by atoms with Crippen molar-refractivity contribution < 1.29 is 8.42 Å². The summed E-state index contributed by atoms with van der Waals surface area (Å²) in [4.78, 5) is 4.44. The van der Waals surface area contributed by atoms with Gasteiger partial charge in [0.25, 0.3) is 0 Å². The van der Waals surface area contributed by atoms with Gasteiger partial charge in [-0.25, -0.2) is 18.5 Å². The van der Waals surface area contributed by atoms with Crippen molar-refractivity contribution in [3.8, 4) is 11.1 Å². The van der Waals surface area contributed by atoms with Crippen LogP contribution in [0.3, 0.4) is 0 Å². The van der Waals surface area contributed by atoms with Crippen LogP contribution in [0.25, 0.3) is 21.3 Å². The van der Waals surface area contributed by atoms with Crippen LogP contribution >= 0.6 is 11.3 Å². The van der Waals surface area contributed by atoms with E-state index >= 15 is 0 Å². The minimum atomic E-state index is -3.71. The molecular formula is C14H12N2O2S2. The van der Waals surface area contributed by atoms with Crippen LogP contribution in [0.4, 0.5) is 0 Å². The highest BCUT2D eigenvalue weighted by atomic mass is 32.2. The highest BCUT2D eigenvalue weighted by Crippen LogP contribution is 2.30. The average molecular weight is 304 g/mol. The lowest BCUT2D eigenvalue weighted by molar-refractivity contribution is 0.597. The van der Waals surface area contributed by atoms with Crippen molar-refractivity contribution in [1.82, 2.24) is 4.98 Å². The molecule has 3 rings (SSSR count). The molecule has 0 aliphatic rings. The molecule has 2 N–H and O–H groups in total. The maximum absolute atomic E-state index is 11.6. The van der Waals surface area contributed by atoms with E-state index in [0.717, 1.165) is 21.3 Å². The molecule has 3 aromatic rings. The third-order valence-corrected chi connectivity index (χ3v) is 5.10. The fourth-order valence-corrected chi connectivity index (χ4v) is 3.72. The first-order valence-corrected chi connectivity index (χ1v) is 8.35. The number of hydrogen-bond donors (Lipinski definition) is 1. The first-order valence-electron chi connectivity index (χ1n) is 5.93. The minimum absolute atomic E-state index is 0.161. The van der Waals surface area contributed by atoms with Gasteiger partial charge >= 0.3 is 0 Å². The van der Waals surface area contributed by atoms with Crippen LogP contribution in [0, 0.1) is 6.92 Å². The Morgan fingerprint density at radius 3 is 2.75 bits per heavy atom. The Morgan fingerprint density at radius 2 is 2.00 bits per heavy atom. The Morgan fingerprint density at radius 1 is 1.20 bits per heavy atom. The molecule has 6 heteroatoms. The van der Waals surface area contributed by atoms with Gasteiger partial charge in [0, 0.05) is 0 Å². The van der Waals surface area contributed by atoms with Crippen LogP contribution in [0.1, 0.15) is 5.56 Å². The van der Waals surface area contributed by atoms with E-state index in [-0.39, 0.29) is 4.90 Å². The van der Waals surface area contributed by atoms with Crippen LogP contribution < -0.4 is 5.14 Å². The quantitative estimate of drug-likeness (QED) is 0.791. The van der Waals surface area contributed by atoms with Crippen molar-refractivity contribution in [1.29, 1.82) is 0 Å². The second-order valence-electron chi connectivity index (χ2n) is 4.51. The summed E-state index contributed by atoms with van der Waals surface area (Å²) in [6.07, 6.45) is 0. The molecule has 0 saturated heterocycles. The summed E-state index contributed by atoms with van der Waals surface area (Å²) < 4.78 is 24.3. The van der Waals surface area contributed by atoms with Crippen molar-refractivity contribution in [2.75, 3.05) is 0 Å². The van der Waals surface area contributed by atoms with Gasteiger partial charge in [-0.3, -0.25) is 0 Å². The van der Waals surface area contributed by atoms with Gasteiger partial charge in [0.05, 0.1) is 20.6 Å². The monoisotopic (exact) mass is 304 g/mol. The number of aromatic nitrogens is 1. The Hall–Kier alpha value is -1.76. The summed E-state index contributed by atoms with van der Waals surface area (Å²) in [6, 6.07) is 11.0. The number of fused-ring (bicyclic) bond motifs is 1. The van der Waals surface area contributed by atoms with Gasteiger partial charge in [0.1, 0.15) is 0 Å². The number of benzene rings is 2. The van der Waals surface area contributed by atoms with E-state index in [1.807, 2.05) is 24.3 Å². The first kappa shape index (κ1) is 13.2. The lowest BCUT2D eigenvalue weighted by Crippen LogP contribution is -2.13. The standard InChI is InChI=1S/C14H12N2O2S2/c1-9-11(3-2-4-14(9)20(15,17)18)10-5-6-13-12(7-10)16-8-19-13/h2-8H,1H3,(H2,15,17,18). The van der Waals surface area contributed by atoms with Gasteiger partial charge in [-0.2, -0.15) is 0 Å². The Kier molecular flexibility index (Phi) is 3.08. The van der Waals surface area contributed by atoms with E-state index in [0.29, 0.717) is 5.56 Å². The summed E-state index contributed by atoms with van der Waals surface area (Å²) in [5.41, 5.74) is 5.15. The maximum Gasteiger partial charge on any atom is 0.238 e. The number of nitrogens with zero attached hydrogens (tertiary/aromatic N) is 1. The first-order chi connectivity index (χ1) is 9.47. The SMILES string of the molecule is Cc1c(-c2ccc3scnc3c2)cccc1S(N)(=O)=O. The minimum Gasteiger partial charge on any atom is -0.245 e. The molecule has 0 aliphatic heterocycles. The lowest BCUT2D eigenvalue weighted by Gasteiger charge is -2.10. The van der Waals surface area contributed by atoms with Crippen molar-refractivity contribution >= 4 is 31.6 Å². The van der Waals surface area contributed by atoms with Gasteiger partial charge in [-0.1, -0.05) is 18.2 Å². The molecule has 0 atom stereocenters. The van der Waals surface area contributed by atoms with Crippen LogP contribution in [0.5, 0.6) is 0 Å². The van der Waals surface area contributed by atoms with Gasteiger partial charge in [0.15, 0.2) is 0 Å². The highest BCUT2D eigenvalue weighted by Gasteiger charge is 2.14. The molecule has 0 radical (unpaired) electrons. The van der Waals surface area contributed by atoms with Crippen molar-refractivity contribution in [2.45, 2.75) is 11.8 Å². The van der Waals surface area contributed by atoms with Crippen molar-refractivity contribution in [3.05, 3.63) is 47.5 Å². The summed E-state index contributed by atoms with van der Waals surface area (Å²) in [7, 11) is -3.71. The molecule has 1 aromatic heterocycles. The van der Waals surface area contributed by atoms with E-state index < -0.39 is 10.0 Å². The zero-order chi connectivity index (χ0) is 14.3. The number of thiazole rings is 1. The van der Waals surface area contributed by atoms with Gasteiger partial charge in [-0.15, -0.1) is 11.3 Å². The normalized spacial score (nSPS) is 11.9. The number of nitrogens with two attached hydrogens (primary N) is 1. The maximum atomic E-state index is 11.6. The largest absolute Gasteiger partial charge is 0.245 e. The van der Waals surface area contributed by atoms with Gasteiger partial charge < -0.3 is 0 Å². The highest BCUT2D eigenvalue weighted by molar-refractivity contribution is 7.89. The van der Waals surface area contributed by atoms with E-state index in [4.69, 9.17) is 5.14 Å². The predicted molar refractivity (Wildman–Crippen MR) is 81.2 cm³/mol. The molecule has 0 spiro atoms. The smallest absolute Gasteiger partial charge is 0.238 e. The second kappa shape index (κ2) is 4.66. The molecule has 0 bridgehead atoms. The Labute approximate surface area is 120 Å². The van der Waals surface area contributed by atoms with Crippen molar-refractivity contribution in [2.24, 2.45) is 5.14 Å². The molecule has 20 heavy (non-hydrogen) atoms. The summed E-state index contributed by atoms with van der Waals surface area (Å²) in [5.74, 6) is 0. The molecule has 0 amide bonds. The molecule has 1 heterocycles. The average Bonchev–Trinajstić information content (AvgIpc) is 2.84. The number of rotatable bonds is 2. The third kappa shape index (κ3) is 2.22. The van der Waals surface area contributed by atoms with Gasteiger partial charge in [0.2, 0.25) is 10.0 Å². The number of primary sulfonamides is 1. The zero-order valence-electron chi connectivity index (χ0n) is 10.7. The third-order valence-electron chi connectivity index (χ3n) is 3.23. The van der Waals surface area contributed by atoms with Crippen LogP contribution in [0.15, 0.2) is 46.8 Å². The van der Waals surface area contributed by atoms with Crippen LogP contribution in [-0.2, 0) is 10.0 Å². The zero-order valence-corrected chi connectivity index (χ0v) is 12.3. The summed E-state index contributed by atoms with van der Waals surface area (Å²) in [6.45, 7) is 1.76. The Bertz CT molecular complexity index is 898. The fourth-order valence-electron chi connectivity index (χ4n) is 2.26. The summed E-state index contributed by atoms with van der Waals surface area (Å²) in [5, 5.41) is 5.24. The number of sulfonamides is 1. The molecule has 2 aromatic carbocycles. The topological polar surface area (TPSA) is 73.0 Å². The molecule has 0 unspecified atom stereocenters. The van der Waals surface area contributed by atoms with E-state index in [9.17, 15) is 8.42 Å². The van der Waals surface area contributed by atoms with Gasteiger partial charge in [-0.05, 0) is 41.8 Å². The number of hydrogen-bond acceptors (Lipinski definition) is 4. The summed E-state index contributed by atoms with van der Waals surface area (Å²) >= 11 is 1.58. The molecule has 102 valence electrons. The molecule has 0 aliphatic carbocycles. The fraction of sp³-hybridized carbons (Fsp3) is 0.0714. The lowest BCUT2D eigenvalue weighted by atomic mass is 10.0. The Balaban J connectivity index is 2.24. The molecular weight excluding hydrogens is 292 g/mol.